The molecular formula is C22H31NO3. The summed E-state index contributed by atoms with van der Waals surface area (Å²) in [5.41, 5.74) is -1.45. The Hall–Kier alpha value is -1.83. The van der Waals surface area contributed by atoms with Gasteiger partial charge in [-0.2, -0.15) is 0 Å². The van der Waals surface area contributed by atoms with E-state index in [9.17, 15) is 9.90 Å². The molecule has 2 rings (SSSR count). The van der Waals surface area contributed by atoms with Crippen molar-refractivity contribution in [3.8, 4) is 11.8 Å². The lowest BCUT2D eigenvalue weighted by atomic mass is 9.73. The summed E-state index contributed by atoms with van der Waals surface area (Å²) in [5, 5.41) is 11.4. The summed E-state index contributed by atoms with van der Waals surface area (Å²) < 4.78 is 65.6. The zero-order valence-electron chi connectivity index (χ0n) is 22.8. The lowest BCUT2D eigenvalue weighted by molar-refractivity contribution is -0.174. The molecular weight excluding hydrogens is 326 g/mol. The fourth-order valence-corrected chi connectivity index (χ4v) is 3.23. The van der Waals surface area contributed by atoms with Crippen LogP contribution in [0.3, 0.4) is 0 Å². The number of esters is 1. The normalized spacial score (nSPS) is 23.3. The van der Waals surface area contributed by atoms with Gasteiger partial charge in [0, 0.05) is 14.1 Å². The van der Waals surface area contributed by atoms with Crippen LogP contribution >= 0.6 is 0 Å². The van der Waals surface area contributed by atoms with Gasteiger partial charge in [0.2, 0.25) is 0 Å². The van der Waals surface area contributed by atoms with Crippen molar-refractivity contribution in [3.05, 3.63) is 35.9 Å². The Labute approximate surface area is 168 Å². The highest BCUT2D eigenvalue weighted by atomic mass is 16.5. The number of carbonyl (C=O) groups is 1. The van der Waals surface area contributed by atoms with Gasteiger partial charge < -0.3 is 9.84 Å². The lowest BCUT2D eigenvalue weighted by Gasteiger charge is -2.36. The van der Waals surface area contributed by atoms with Crippen LogP contribution in [0.15, 0.2) is 30.3 Å². The van der Waals surface area contributed by atoms with E-state index in [1.807, 2.05) is 0 Å². The molecule has 26 heavy (non-hydrogen) atoms. The van der Waals surface area contributed by atoms with Crippen molar-refractivity contribution in [2.45, 2.75) is 51.4 Å². The first-order valence-corrected chi connectivity index (χ1v) is 8.85. The monoisotopic (exact) mass is 365 g/mol. The topological polar surface area (TPSA) is 49.8 Å². The number of hydrogen-bond donors (Lipinski definition) is 1. The Morgan fingerprint density at radius 3 is 2.62 bits per heavy atom. The van der Waals surface area contributed by atoms with Gasteiger partial charge in [-0.1, -0.05) is 75.1 Å². The van der Waals surface area contributed by atoms with Gasteiger partial charge in [0.1, 0.15) is 0 Å². The third-order valence-electron chi connectivity index (χ3n) is 4.68. The Morgan fingerprint density at radius 2 is 1.96 bits per heavy atom. The van der Waals surface area contributed by atoms with Crippen LogP contribution in [0.5, 0.6) is 0 Å². The Balaban J connectivity index is 2.16. The molecule has 1 aromatic carbocycles. The van der Waals surface area contributed by atoms with Crippen LogP contribution in [-0.2, 0) is 15.1 Å². The molecule has 0 spiro atoms. The molecule has 1 fully saturated rings. The van der Waals surface area contributed by atoms with Gasteiger partial charge in [0.15, 0.2) is 12.2 Å². The predicted molar refractivity (Wildman–Crippen MR) is 103 cm³/mol. The van der Waals surface area contributed by atoms with E-state index in [0.717, 1.165) is 19.3 Å². The largest absolute Gasteiger partial charge is 0.450 e. The third kappa shape index (κ3) is 5.09. The summed E-state index contributed by atoms with van der Waals surface area (Å²) in [6.45, 7) is -9.97. The van der Waals surface area contributed by atoms with Crippen LogP contribution in [0, 0.1) is 17.8 Å². The maximum atomic E-state index is 13.0. The first-order chi connectivity index (χ1) is 15.7. The molecule has 142 valence electrons. The molecule has 0 radical (unpaired) electrons. The summed E-state index contributed by atoms with van der Waals surface area (Å²) in [6, 6.07) is 8.52. The lowest BCUT2D eigenvalue weighted by Crippen LogP contribution is -2.45. The number of nitrogens with zero attached hydrogens (tertiary/aromatic N) is 1. The van der Waals surface area contributed by atoms with E-state index in [0.29, 0.717) is 23.3 Å². The van der Waals surface area contributed by atoms with Crippen molar-refractivity contribution in [1.29, 1.82) is 0 Å². The molecule has 0 aromatic heterocycles. The fourth-order valence-electron chi connectivity index (χ4n) is 3.23. The molecule has 4 heteroatoms. The molecule has 1 aliphatic rings. The highest BCUT2D eigenvalue weighted by molar-refractivity contribution is 5.81. The Kier molecular flexibility index (Phi) is 4.69. The zero-order chi connectivity index (χ0) is 25.6. The van der Waals surface area contributed by atoms with E-state index in [2.05, 4.69) is 11.8 Å². The number of benzene rings is 1. The van der Waals surface area contributed by atoms with Crippen LogP contribution in [0.4, 0.5) is 0 Å². The van der Waals surface area contributed by atoms with Crippen LogP contribution in [0.25, 0.3) is 0 Å². The third-order valence-corrected chi connectivity index (χ3v) is 4.68. The van der Waals surface area contributed by atoms with Gasteiger partial charge in [0.05, 0.1) is 9.24 Å². The zero-order valence-corrected chi connectivity index (χ0v) is 14.8. The smallest absolute Gasteiger partial charge is 0.344 e. The number of carbonyl (C=O) groups excluding carboxylic acids is 1. The van der Waals surface area contributed by atoms with Crippen LogP contribution in [0.2, 0.25) is 0 Å². The van der Waals surface area contributed by atoms with Crippen molar-refractivity contribution in [2.75, 3.05) is 26.2 Å². The van der Waals surface area contributed by atoms with Gasteiger partial charge in [-0.25, -0.2) is 4.79 Å². The predicted octanol–water partition coefficient (Wildman–Crippen LogP) is 3.34. The van der Waals surface area contributed by atoms with Crippen molar-refractivity contribution >= 4 is 5.97 Å². The standard InChI is InChI=1S/C22H31NO3/c1-3-23(4-2)17-11-12-18-26-21(24)22(25,19-13-7-5-8-14-19)20-15-9-6-10-16-20/h5,7-8,13-14,20,25H,3-4,6,9-10,15-18H2,1-2H3/t22-/m1/s1/i1D3,2D3,17D2. The summed E-state index contributed by atoms with van der Waals surface area (Å²) in [5.74, 6) is 3.31. The molecule has 0 heterocycles. The molecule has 0 amide bonds. The summed E-state index contributed by atoms with van der Waals surface area (Å²) >= 11 is 0. The fraction of sp³-hybridized carbons (Fsp3) is 0.591. The second-order valence-electron chi connectivity index (χ2n) is 6.31. The van der Waals surface area contributed by atoms with Crippen molar-refractivity contribution in [3.63, 3.8) is 0 Å². The molecule has 0 unspecified atom stereocenters. The molecule has 1 atom stereocenters. The van der Waals surface area contributed by atoms with E-state index >= 15 is 0 Å². The second-order valence-corrected chi connectivity index (χ2v) is 6.31. The summed E-state index contributed by atoms with van der Waals surface area (Å²) in [4.78, 5) is 13.6. The van der Waals surface area contributed by atoms with E-state index in [1.165, 1.54) is 0 Å². The Bertz CT molecular complexity index is 854. The minimum absolute atomic E-state index is 0.329. The second kappa shape index (κ2) is 10.4. The van der Waals surface area contributed by atoms with E-state index in [-0.39, 0.29) is 5.92 Å². The SMILES string of the molecule is [2H]C([2H])([2H])CN(CC([2H])([2H])[2H])C([2H])([2H])C#CCOC(=O)[C@@](O)(c1ccccc1)C1CCCCC1. The highest BCUT2D eigenvalue weighted by Crippen LogP contribution is 2.40. The number of aliphatic hydroxyl groups is 1. The maximum Gasteiger partial charge on any atom is 0.344 e. The molecule has 0 saturated heterocycles. The number of ether oxygens (including phenoxy) is 1. The van der Waals surface area contributed by atoms with Gasteiger partial charge in [-0.3, -0.25) is 4.90 Å². The molecule has 0 aliphatic heterocycles. The van der Waals surface area contributed by atoms with Gasteiger partial charge >= 0.3 is 5.97 Å². The van der Waals surface area contributed by atoms with Crippen LogP contribution < -0.4 is 0 Å². The van der Waals surface area contributed by atoms with Crippen molar-refractivity contribution in [2.24, 2.45) is 5.92 Å². The Morgan fingerprint density at radius 1 is 1.27 bits per heavy atom. The molecule has 0 bridgehead atoms. The molecule has 4 nitrogen and oxygen atoms in total. The van der Waals surface area contributed by atoms with Gasteiger partial charge in [-0.15, -0.1) is 0 Å². The molecule has 1 N–H and O–H groups in total. The average molecular weight is 366 g/mol. The molecule has 1 aromatic rings. The molecule has 1 saturated carbocycles. The average Bonchev–Trinajstić information content (AvgIpc) is 2.75. The van der Waals surface area contributed by atoms with Crippen LogP contribution in [-0.4, -0.2) is 42.2 Å². The molecule has 1 aliphatic carbocycles. The minimum Gasteiger partial charge on any atom is -0.450 e. The van der Waals surface area contributed by atoms with E-state index in [1.54, 1.807) is 30.3 Å². The maximum absolute atomic E-state index is 13.0. The van der Waals surface area contributed by atoms with Gasteiger partial charge in [0.25, 0.3) is 0 Å². The van der Waals surface area contributed by atoms with Crippen molar-refractivity contribution < 1.29 is 25.6 Å². The quantitative estimate of drug-likeness (QED) is 0.595. The van der Waals surface area contributed by atoms with E-state index < -0.39 is 51.5 Å². The summed E-state index contributed by atoms with van der Waals surface area (Å²) in [6.07, 6.45) is 4.12. The minimum atomic E-state index is -2.60. The summed E-state index contributed by atoms with van der Waals surface area (Å²) in [7, 11) is 0. The highest BCUT2D eigenvalue weighted by Gasteiger charge is 2.46. The number of hydrogen-bond acceptors (Lipinski definition) is 4. The van der Waals surface area contributed by atoms with Gasteiger partial charge in [-0.05, 0) is 31.5 Å². The number of rotatable bonds is 7. The van der Waals surface area contributed by atoms with E-state index in [4.69, 9.17) is 15.7 Å². The first-order valence-electron chi connectivity index (χ1n) is 12.9. The van der Waals surface area contributed by atoms with Crippen LogP contribution in [0.1, 0.15) is 62.3 Å². The van der Waals surface area contributed by atoms with Crippen molar-refractivity contribution in [1.82, 2.24) is 4.90 Å². The first kappa shape index (κ1) is 11.8.